The van der Waals surface area contributed by atoms with E-state index in [9.17, 15) is 9.59 Å². The van der Waals surface area contributed by atoms with Crippen LogP contribution in [0.1, 0.15) is 28.0 Å². The molecule has 0 bridgehead atoms. The Morgan fingerprint density at radius 1 is 1.19 bits per heavy atom. The van der Waals surface area contributed by atoms with Crippen molar-refractivity contribution in [3.05, 3.63) is 88.1 Å². The van der Waals surface area contributed by atoms with Crippen molar-refractivity contribution in [2.24, 2.45) is 0 Å². The Morgan fingerprint density at radius 2 is 2.10 bits per heavy atom. The number of carbonyl (C=O) groups is 1. The van der Waals surface area contributed by atoms with Gasteiger partial charge in [0, 0.05) is 39.1 Å². The van der Waals surface area contributed by atoms with Crippen molar-refractivity contribution >= 4 is 28.0 Å². The van der Waals surface area contributed by atoms with Crippen molar-refractivity contribution in [2.75, 3.05) is 20.1 Å². The van der Waals surface area contributed by atoms with E-state index in [2.05, 4.69) is 44.5 Å². The Kier molecular flexibility index (Phi) is 4.88. The molecule has 0 fully saturated rings. The summed E-state index contributed by atoms with van der Waals surface area (Å²) < 4.78 is 1.93. The molecular formula is C24H23N5O2. The minimum absolute atomic E-state index is 0.0729. The Labute approximate surface area is 179 Å². The molecule has 1 aromatic carbocycles. The first-order valence-electron chi connectivity index (χ1n) is 10.3. The molecule has 31 heavy (non-hydrogen) atoms. The molecule has 156 valence electrons. The molecule has 0 radical (unpaired) electrons. The minimum Gasteiger partial charge on any atom is -0.354 e. The Morgan fingerprint density at radius 3 is 2.84 bits per heavy atom. The number of carbonyl (C=O) groups excluding carboxylic acids is 1. The normalized spacial score (nSPS) is 14.7. The number of benzene rings is 1. The van der Waals surface area contributed by atoms with Gasteiger partial charge in [-0.2, -0.15) is 0 Å². The van der Waals surface area contributed by atoms with Crippen LogP contribution in [-0.4, -0.2) is 45.3 Å². The highest BCUT2D eigenvalue weighted by molar-refractivity contribution is 5.92. The van der Waals surface area contributed by atoms with Gasteiger partial charge in [-0.05, 0) is 53.5 Å². The highest BCUT2D eigenvalue weighted by atomic mass is 16.1. The summed E-state index contributed by atoms with van der Waals surface area (Å²) in [5.41, 5.74) is 6.34. The molecule has 0 unspecified atom stereocenters. The van der Waals surface area contributed by atoms with Gasteiger partial charge in [-0.3, -0.25) is 19.5 Å². The molecule has 0 aliphatic carbocycles. The largest absolute Gasteiger partial charge is 0.354 e. The molecule has 0 saturated carbocycles. The fraction of sp³-hybridized carbons (Fsp3) is 0.208. The second kappa shape index (κ2) is 7.85. The van der Waals surface area contributed by atoms with Crippen LogP contribution in [0.25, 0.3) is 22.1 Å². The van der Waals surface area contributed by atoms with Crippen LogP contribution in [0.4, 0.5) is 0 Å². The summed E-state index contributed by atoms with van der Waals surface area (Å²) in [6.07, 6.45) is 6.84. The maximum atomic E-state index is 12.3. The Hall–Kier alpha value is -3.71. The summed E-state index contributed by atoms with van der Waals surface area (Å²) in [6, 6.07) is 13.7. The van der Waals surface area contributed by atoms with Crippen LogP contribution in [-0.2, 0) is 6.54 Å². The van der Waals surface area contributed by atoms with Crippen LogP contribution in [0, 0.1) is 0 Å². The average Bonchev–Trinajstić information content (AvgIpc) is 3.30. The van der Waals surface area contributed by atoms with E-state index in [0.717, 1.165) is 42.7 Å². The molecule has 0 saturated heterocycles. The van der Waals surface area contributed by atoms with Crippen molar-refractivity contribution in [1.29, 1.82) is 0 Å². The average molecular weight is 413 g/mol. The molecule has 7 heteroatoms. The molecule has 0 spiro atoms. The predicted octanol–water partition coefficient (Wildman–Crippen LogP) is 2.82. The van der Waals surface area contributed by atoms with Crippen LogP contribution in [0.2, 0.25) is 0 Å². The highest BCUT2D eigenvalue weighted by Gasteiger charge is 2.15. The van der Waals surface area contributed by atoms with Crippen molar-refractivity contribution in [3.63, 3.8) is 0 Å². The number of aromatic amines is 1. The molecular weight excluding hydrogens is 390 g/mol. The third-order valence-corrected chi connectivity index (χ3v) is 5.84. The second-order valence-corrected chi connectivity index (χ2v) is 7.79. The molecule has 2 N–H and O–H groups in total. The molecule has 3 aromatic heterocycles. The van der Waals surface area contributed by atoms with Crippen molar-refractivity contribution in [3.8, 4) is 0 Å². The summed E-state index contributed by atoms with van der Waals surface area (Å²) in [5.74, 6) is -0.176. The number of aromatic nitrogens is 3. The third kappa shape index (κ3) is 3.64. The van der Waals surface area contributed by atoms with E-state index < -0.39 is 0 Å². The number of hydrogen-bond acceptors (Lipinski definition) is 4. The maximum absolute atomic E-state index is 12.3. The summed E-state index contributed by atoms with van der Waals surface area (Å²) in [4.78, 5) is 33.6. The minimum atomic E-state index is -0.176. The summed E-state index contributed by atoms with van der Waals surface area (Å²) >= 11 is 0. The van der Waals surface area contributed by atoms with E-state index in [1.807, 2.05) is 28.8 Å². The Balaban J connectivity index is 1.31. The van der Waals surface area contributed by atoms with E-state index in [-0.39, 0.29) is 11.5 Å². The standard InChI is InChI=1S/C24H23N5O2/c1-25-23(30)19-6-5-18(14-26-19)17-8-11-28(12-9-17)15-16-4-7-21-20(13-16)27-24(31)22-3-2-10-29(21)22/h2-8,10,13-14H,9,11-12,15H2,1H3,(H,25,30)(H,27,31). The lowest BCUT2D eigenvalue weighted by Gasteiger charge is -2.26. The number of hydrogen-bond donors (Lipinski definition) is 2. The molecule has 1 aliphatic rings. The number of H-pyrrole nitrogens is 1. The summed E-state index contributed by atoms with van der Waals surface area (Å²) in [6.45, 7) is 2.60. The molecule has 7 nitrogen and oxygen atoms in total. The van der Waals surface area contributed by atoms with Crippen LogP contribution < -0.4 is 10.9 Å². The first-order valence-corrected chi connectivity index (χ1v) is 10.3. The van der Waals surface area contributed by atoms with E-state index in [4.69, 9.17) is 0 Å². The Bertz CT molecular complexity index is 1360. The lowest BCUT2D eigenvalue weighted by Crippen LogP contribution is -2.28. The van der Waals surface area contributed by atoms with E-state index in [1.165, 1.54) is 11.1 Å². The number of fused-ring (bicyclic) bond motifs is 3. The molecule has 5 rings (SSSR count). The van der Waals surface area contributed by atoms with Gasteiger partial charge in [-0.25, -0.2) is 0 Å². The van der Waals surface area contributed by atoms with E-state index in [0.29, 0.717) is 11.2 Å². The fourth-order valence-electron chi connectivity index (χ4n) is 4.18. The van der Waals surface area contributed by atoms with Gasteiger partial charge in [-0.15, -0.1) is 0 Å². The van der Waals surface area contributed by atoms with Gasteiger partial charge >= 0.3 is 0 Å². The zero-order valence-corrected chi connectivity index (χ0v) is 17.3. The topological polar surface area (TPSA) is 82.5 Å². The first-order chi connectivity index (χ1) is 15.1. The van der Waals surface area contributed by atoms with Crippen molar-refractivity contribution < 1.29 is 4.79 Å². The fourth-order valence-corrected chi connectivity index (χ4v) is 4.18. The molecule has 1 amide bonds. The smallest absolute Gasteiger partial charge is 0.272 e. The van der Waals surface area contributed by atoms with Crippen LogP contribution in [0.5, 0.6) is 0 Å². The van der Waals surface area contributed by atoms with Gasteiger partial charge in [0.2, 0.25) is 0 Å². The van der Waals surface area contributed by atoms with Gasteiger partial charge in [0.1, 0.15) is 11.2 Å². The van der Waals surface area contributed by atoms with Gasteiger partial charge in [0.05, 0.1) is 11.0 Å². The van der Waals surface area contributed by atoms with E-state index >= 15 is 0 Å². The number of pyridine rings is 1. The molecule has 4 aromatic rings. The van der Waals surface area contributed by atoms with Gasteiger partial charge in [0.25, 0.3) is 11.5 Å². The van der Waals surface area contributed by atoms with Gasteiger partial charge in [0.15, 0.2) is 0 Å². The lowest BCUT2D eigenvalue weighted by atomic mass is 10.0. The maximum Gasteiger partial charge on any atom is 0.272 e. The lowest BCUT2D eigenvalue weighted by molar-refractivity contribution is 0.0958. The van der Waals surface area contributed by atoms with Gasteiger partial charge < -0.3 is 14.7 Å². The van der Waals surface area contributed by atoms with Crippen LogP contribution in [0.3, 0.4) is 0 Å². The second-order valence-electron chi connectivity index (χ2n) is 7.79. The molecule has 1 aliphatic heterocycles. The summed E-state index contributed by atoms with van der Waals surface area (Å²) in [7, 11) is 1.60. The van der Waals surface area contributed by atoms with Crippen LogP contribution in [0.15, 0.2) is 65.7 Å². The first kappa shape index (κ1) is 19.3. The zero-order valence-electron chi connectivity index (χ0n) is 17.3. The van der Waals surface area contributed by atoms with Crippen molar-refractivity contribution in [1.82, 2.24) is 24.6 Å². The summed E-state index contributed by atoms with van der Waals surface area (Å²) in [5, 5.41) is 2.59. The SMILES string of the molecule is CNC(=O)c1ccc(C2=CCN(Cc3ccc4c(c3)[nH]c(=O)c3cccn34)CC2)cn1. The monoisotopic (exact) mass is 413 g/mol. The highest BCUT2D eigenvalue weighted by Crippen LogP contribution is 2.23. The number of amides is 1. The molecule has 4 heterocycles. The number of nitrogens with zero attached hydrogens (tertiary/aromatic N) is 3. The number of rotatable bonds is 4. The number of nitrogens with one attached hydrogen (secondary N) is 2. The quantitative estimate of drug-likeness (QED) is 0.539. The molecule has 0 atom stereocenters. The predicted molar refractivity (Wildman–Crippen MR) is 121 cm³/mol. The van der Waals surface area contributed by atoms with Crippen molar-refractivity contribution in [2.45, 2.75) is 13.0 Å². The zero-order chi connectivity index (χ0) is 21.4. The van der Waals surface area contributed by atoms with E-state index in [1.54, 1.807) is 19.3 Å². The van der Waals surface area contributed by atoms with Crippen LogP contribution >= 0.6 is 0 Å². The van der Waals surface area contributed by atoms with Gasteiger partial charge in [-0.1, -0.05) is 18.2 Å². The third-order valence-electron chi connectivity index (χ3n) is 5.84.